The second-order valence-electron chi connectivity index (χ2n) is 7.15. The number of nitrogens with one attached hydrogen (secondary N) is 2. The minimum absolute atomic E-state index is 0.272. The molecule has 1 saturated heterocycles. The molecule has 2 aliphatic rings. The Bertz CT molecular complexity index is 728. The number of imide groups is 1. The number of hydrogen-bond acceptors (Lipinski definition) is 7. The van der Waals surface area contributed by atoms with Gasteiger partial charge in [-0.05, 0) is 27.2 Å². The Hall–Kier alpha value is -2.71. The zero-order valence-electron chi connectivity index (χ0n) is 14.5. The maximum absolute atomic E-state index is 12.2. The van der Waals surface area contributed by atoms with Gasteiger partial charge in [0.2, 0.25) is 17.8 Å². The predicted molar refractivity (Wildman–Crippen MR) is 87.3 cm³/mol. The number of amides is 3. The van der Waals surface area contributed by atoms with E-state index in [9.17, 15) is 14.4 Å². The van der Waals surface area contributed by atoms with Crippen LogP contribution in [-0.4, -0.2) is 44.4 Å². The number of nitrogens with zero attached hydrogens (tertiary/aromatic N) is 3. The number of aromatic nitrogens is 2. The maximum atomic E-state index is 12.2. The highest BCUT2D eigenvalue weighted by Gasteiger charge is 2.30. The van der Waals surface area contributed by atoms with E-state index in [1.165, 1.54) is 0 Å². The predicted octanol–water partition coefficient (Wildman–Crippen LogP) is 0.944. The van der Waals surface area contributed by atoms with Gasteiger partial charge in [-0.25, -0.2) is 14.8 Å². The second kappa shape index (κ2) is 6.30. The van der Waals surface area contributed by atoms with E-state index < -0.39 is 17.7 Å². The number of anilines is 1. The molecule has 2 N–H and O–H groups in total. The monoisotopic (exact) mass is 347 g/mol. The van der Waals surface area contributed by atoms with Crippen molar-refractivity contribution < 1.29 is 19.1 Å². The molecule has 25 heavy (non-hydrogen) atoms. The maximum Gasteiger partial charge on any atom is 0.410 e. The number of carbonyl (C=O) groups excluding carboxylic acids is 3. The summed E-state index contributed by atoms with van der Waals surface area (Å²) in [6.45, 7) is 6.17. The Balaban J connectivity index is 1.65. The Morgan fingerprint density at radius 3 is 2.80 bits per heavy atom. The van der Waals surface area contributed by atoms with Gasteiger partial charge in [0.25, 0.3) is 0 Å². The van der Waals surface area contributed by atoms with E-state index in [0.29, 0.717) is 25.5 Å². The quantitative estimate of drug-likeness (QED) is 0.766. The summed E-state index contributed by atoms with van der Waals surface area (Å²) >= 11 is 0. The molecule has 3 amide bonds. The Labute approximate surface area is 145 Å². The molecule has 0 saturated carbocycles. The Morgan fingerprint density at radius 2 is 2.12 bits per heavy atom. The summed E-state index contributed by atoms with van der Waals surface area (Å²) in [7, 11) is 0. The molecule has 1 atom stereocenters. The second-order valence-corrected chi connectivity index (χ2v) is 7.15. The van der Waals surface area contributed by atoms with E-state index in [2.05, 4.69) is 20.6 Å². The van der Waals surface area contributed by atoms with E-state index in [0.717, 1.165) is 11.3 Å². The van der Waals surface area contributed by atoms with Crippen molar-refractivity contribution in [1.29, 1.82) is 0 Å². The largest absolute Gasteiger partial charge is 0.444 e. The lowest BCUT2D eigenvalue weighted by Crippen LogP contribution is -2.47. The molecule has 1 unspecified atom stereocenters. The van der Waals surface area contributed by atoms with Crippen molar-refractivity contribution in [2.75, 3.05) is 5.32 Å². The standard InChI is InChI=1S/C16H21N5O4/c1-16(2,3)25-15(24)21-7-9-6-17-14(19-11(9)8-21)18-10-4-5-12(22)20-13(10)23/h6,10H,4-5,7-8H2,1-3H3,(H,17,18,19)(H,20,22,23). The highest BCUT2D eigenvalue weighted by molar-refractivity contribution is 6.01. The molecule has 0 bridgehead atoms. The molecule has 2 aliphatic heterocycles. The molecule has 0 radical (unpaired) electrons. The number of rotatable bonds is 2. The van der Waals surface area contributed by atoms with Crippen molar-refractivity contribution in [3.8, 4) is 0 Å². The Kier molecular flexibility index (Phi) is 4.32. The molecule has 1 aromatic heterocycles. The van der Waals surface area contributed by atoms with Crippen molar-refractivity contribution in [3.63, 3.8) is 0 Å². The van der Waals surface area contributed by atoms with Crippen LogP contribution in [0.1, 0.15) is 44.9 Å². The van der Waals surface area contributed by atoms with Gasteiger partial charge in [0.15, 0.2) is 0 Å². The van der Waals surface area contributed by atoms with Crippen LogP contribution in [0.5, 0.6) is 0 Å². The highest BCUT2D eigenvalue weighted by atomic mass is 16.6. The minimum atomic E-state index is -0.559. The van der Waals surface area contributed by atoms with Crippen molar-refractivity contribution in [2.45, 2.75) is 58.3 Å². The summed E-state index contributed by atoms with van der Waals surface area (Å²) in [5.74, 6) is -0.346. The summed E-state index contributed by atoms with van der Waals surface area (Å²) < 4.78 is 5.37. The molecule has 9 heteroatoms. The van der Waals surface area contributed by atoms with E-state index >= 15 is 0 Å². The highest BCUT2D eigenvalue weighted by Crippen LogP contribution is 2.24. The van der Waals surface area contributed by atoms with Crippen LogP contribution in [-0.2, 0) is 27.4 Å². The molecule has 0 aromatic carbocycles. The van der Waals surface area contributed by atoms with Gasteiger partial charge in [-0.2, -0.15) is 0 Å². The van der Waals surface area contributed by atoms with Crippen LogP contribution < -0.4 is 10.6 Å². The first-order chi connectivity index (χ1) is 11.7. The van der Waals surface area contributed by atoms with Gasteiger partial charge in [0.05, 0.1) is 18.8 Å². The van der Waals surface area contributed by atoms with E-state index in [1.807, 2.05) is 20.8 Å². The Morgan fingerprint density at radius 1 is 1.36 bits per heavy atom. The smallest absolute Gasteiger partial charge is 0.410 e. The third kappa shape index (κ3) is 4.04. The summed E-state index contributed by atoms with van der Waals surface area (Å²) in [5.41, 5.74) is 1.01. The third-order valence-electron chi connectivity index (χ3n) is 3.85. The van der Waals surface area contributed by atoms with Gasteiger partial charge in [-0.3, -0.25) is 19.8 Å². The summed E-state index contributed by atoms with van der Waals surface area (Å²) in [5, 5.41) is 5.22. The lowest BCUT2D eigenvalue weighted by molar-refractivity contribution is -0.133. The molecular formula is C16H21N5O4. The van der Waals surface area contributed by atoms with Gasteiger partial charge < -0.3 is 10.1 Å². The van der Waals surface area contributed by atoms with Gasteiger partial charge in [-0.15, -0.1) is 0 Å². The van der Waals surface area contributed by atoms with E-state index in [1.54, 1.807) is 11.1 Å². The molecule has 1 aromatic rings. The van der Waals surface area contributed by atoms with Crippen LogP contribution >= 0.6 is 0 Å². The molecule has 1 fully saturated rings. The minimum Gasteiger partial charge on any atom is -0.444 e. The van der Waals surface area contributed by atoms with Crippen molar-refractivity contribution in [1.82, 2.24) is 20.2 Å². The molecule has 3 heterocycles. The average Bonchev–Trinajstić information content (AvgIpc) is 2.92. The number of ether oxygens (including phenoxy) is 1. The zero-order valence-corrected chi connectivity index (χ0v) is 14.5. The van der Waals surface area contributed by atoms with Crippen LogP contribution in [0, 0.1) is 0 Å². The van der Waals surface area contributed by atoms with Crippen LogP contribution in [0.3, 0.4) is 0 Å². The summed E-state index contributed by atoms with van der Waals surface area (Å²) in [4.78, 5) is 45.3. The molecule has 0 aliphatic carbocycles. The van der Waals surface area contributed by atoms with Crippen LogP contribution in [0.25, 0.3) is 0 Å². The number of piperidine rings is 1. The first kappa shape index (κ1) is 17.1. The summed E-state index contributed by atoms with van der Waals surface area (Å²) in [6, 6.07) is -0.542. The van der Waals surface area contributed by atoms with Crippen LogP contribution in [0.4, 0.5) is 10.7 Å². The van der Waals surface area contributed by atoms with Crippen molar-refractivity contribution in [3.05, 3.63) is 17.5 Å². The van der Waals surface area contributed by atoms with Gasteiger partial charge >= 0.3 is 6.09 Å². The lowest BCUT2D eigenvalue weighted by atomic mass is 10.1. The fourth-order valence-corrected chi connectivity index (χ4v) is 2.67. The first-order valence-electron chi connectivity index (χ1n) is 8.14. The van der Waals surface area contributed by atoms with Crippen molar-refractivity contribution >= 4 is 23.9 Å². The van der Waals surface area contributed by atoms with E-state index in [4.69, 9.17) is 4.74 Å². The third-order valence-corrected chi connectivity index (χ3v) is 3.85. The fraction of sp³-hybridized carbons (Fsp3) is 0.562. The number of hydrogen-bond donors (Lipinski definition) is 2. The normalized spacial score (nSPS) is 20.1. The van der Waals surface area contributed by atoms with Gasteiger partial charge in [0.1, 0.15) is 11.6 Å². The van der Waals surface area contributed by atoms with Gasteiger partial charge in [-0.1, -0.05) is 0 Å². The van der Waals surface area contributed by atoms with Gasteiger partial charge in [0, 0.05) is 18.2 Å². The molecule has 9 nitrogen and oxygen atoms in total. The summed E-state index contributed by atoms with van der Waals surface area (Å²) in [6.07, 6.45) is 1.92. The lowest BCUT2D eigenvalue weighted by Gasteiger charge is -2.23. The van der Waals surface area contributed by atoms with E-state index in [-0.39, 0.29) is 18.2 Å². The zero-order chi connectivity index (χ0) is 18.2. The molecule has 134 valence electrons. The SMILES string of the molecule is CC(C)(C)OC(=O)N1Cc2cnc(NC3CCC(=O)NC3=O)nc2C1. The molecular weight excluding hydrogens is 326 g/mol. The number of carbonyl (C=O) groups is 3. The molecule has 3 rings (SSSR count). The van der Waals surface area contributed by atoms with Crippen LogP contribution in [0.15, 0.2) is 6.20 Å². The average molecular weight is 347 g/mol. The number of fused-ring (bicyclic) bond motifs is 1. The topological polar surface area (TPSA) is 114 Å². The van der Waals surface area contributed by atoms with Crippen molar-refractivity contribution in [2.24, 2.45) is 0 Å². The molecule has 0 spiro atoms. The fourth-order valence-electron chi connectivity index (χ4n) is 2.67. The first-order valence-corrected chi connectivity index (χ1v) is 8.14. The van der Waals surface area contributed by atoms with Crippen LogP contribution in [0.2, 0.25) is 0 Å².